The van der Waals surface area contributed by atoms with Crippen LogP contribution in [0, 0.1) is 0 Å². The highest BCUT2D eigenvalue weighted by Gasteiger charge is 2.26. The van der Waals surface area contributed by atoms with Gasteiger partial charge in [-0.05, 0) is 38.5 Å². The third-order valence-electron chi connectivity index (χ3n) is 3.38. The van der Waals surface area contributed by atoms with Crippen LogP contribution in [0.1, 0.15) is 32.4 Å². The number of carbonyl (C=O) groups is 1. The van der Waals surface area contributed by atoms with Gasteiger partial charge in [0, 0.05) is 10.6 Å². The fourth-order valence-electron chi connectivity index (χ4n) is 2.29. The summed E-state index contributed by atoms with van der Waals surface area (Å²) < 4.78 is 5.33. The summed E-state index contributed by atoms with van der Waals surface area (Å²) in [6.45, 7) is 5.43. The van der Waals surface area contributed by atoms with Gasteiger partial charge < -0.3 is 15.2 Å². The van der Waals surface area contributed by atoms with Crippen LogP contribution >= 0.6 is 11.8 Å². The molecule has 0 aliphatic rings. The zero-order valence-electron chi connectivity index (χ0n) is 14.8. The van der Waals surface area contributed by atoms with E-state index < -0.39 is 23.8 Å². The fraction of sp³-hybridized carbons (Fsp3) is 0.350. The van der Waals surface area contributed by atoms with Crippen molar-refractivity contribution in [2.24, 2.45) is 0 Å². The summed E-state index contributed by atoms with van der Waals surface area (Å²) in [5.74, 6) is 0.458. The van der Waals surface area contributed by atoms with Crippen LogP contribution in [-0.2, 0) is 4.74 Å². The van der Waals surface area contributed by atoms with Gasteiger partial charge in [-0.25, -0.2) is 4.79 Å². The van der Waals surface area contributed by atoms with Gasteiger partial charge in [-0.3, -0.25) is 0 Å². The number of alkyl carbamates (subject to hydrolysis) is 1. The molecule has 1 amide bonds. The number of nitrogens with one attached hydrogen (secondary N) is 1. The van der Waals surface area contributed by atoms with Crippen LogP contribution in [0.4, 0.5) is 4.79 Å². The Labute approximate surface area is 153 Å². The molecule has 134 valence electrons. The highest BCUT2D eigenvalue weighted by atomic mass is 32.2. The molecule has 5 heteroatoms. The van der Waals surface area contributed by atoms with Crippen molar-refractivity contribution in [2.75, 3.05) is 5.75 Å². The van der Waals surface area contributed by atoms with E-state index in [2.05, 4.69) is 5.32 Å². The average Bonchev–Trinajstić information content (AvgIpc) is 2.58. The Kier molecular flexibility index (Phi) is 6.91. The van der Waals surface area contributed by atoms with Crippen molar-refractivity contribution in [1.29, 1.82) is 0 Å². The molecule has 2 atom stereocenters. The van der Waals surface area contributed by atoms with Crippen molar-refractivity contribution in [2.45, 2.75) is 43.4 Å². The van der Waals surface area contributed by atoms with Crippen LogP contribution in [-0.4, -0.2) is 28.7 Å². The Morgan fingerprint density at radius 3 is 2.20 bits per heavy atom. The summed E-state index contributed by atoms with van der Waals surface area (Å²) in [7, 11) is 0. The van der Waals surface area contributed by atoms with E-state index in [1.165, 1.54) is 0 Å². The zero-order valence-corrected chi connectivity index (χ0v) is 15.6. The minimum absolute atomic E-state index is 0.458. The molecule has 0 aliphatic carbocycles. The lowest BCUT2D eigenvalue weighted by Crippen LogP contribution is -2.40. The van der Waals surface area contributed by atoms with Crippen molar-refractivity contribution in [3.8, 4) is 0 Å². The number of benzene rings is 2. The van der Waals surface area contributed by atoms with Gasteiger partial charge in [-0.15, -0.1) is 11.8 Å². The Morgan fingerprint density at radius 1 is 1.08 bits per heavy atom. The molecule has 0 aliphatic heterocycles. The number of hydrogen-bond acceptors (Lipinski definition) is 4. The second-order valence-corrected chi connectivity index (χ2v) is 7.82. The fourth-order valence-corrected chi connectivity index (χ4v) is 3.20. The minimum Gasteiger partial charge on any atom is -0.444 e. The number of carbonyl (C=O) groups excluding carboxylic acids is 1. The smallest absolute Gasteiger partial charge is 0.408 e. The van der Waals surface area contributed by atoms with Gasteiger partial charge in [-0.1, -0.05) is 48.5 Å². The van der Waals surface area contributed by atoms with Crippen molar-refractivity contribution < 1.29 is 14.6 Å². The summed E-state index contributed by atoms with van der Waals surface area (Å²) >= 11 is 1.55. The molecule has 0 unspecified atom stereocenters. The minimum atomic E-state index is -0.750. The first-order valence-electron chi connectivity index (χ1n) is 8.25. The molecule has 2 N–H and O–H groups in total. The normalized spacial score (nSPS) is 13.8. The third-order valence-corrected chi connectivity index (χ3v) is 4.49. The maximum Gasteiger partial charge on any atom is 0.408 e. The number of amides is 1. The van der Waals surface area contributed by atoms with E-state index in [1.807, 2.05) is 81.4 Å². The summed E-state index contributed by atoms with van der Waals surface area (Å²) in [5.41, 5.74) is 0.254. The molecule has 0 bridgehead atoms. The molecule has 0 aromatic heterocycles. The van der Waals surface area contributed by atoms with E-state index in [0.717, 1.165) is 10.5 Å². The lowest BCUT2D eigenvalue weighted by atomic mass is 10.0. The number of aliphatic hydroxyl groups excluding tert-OH is 1. The summed E-state index contributed by atoms with van der Waals surface area (Å²) in [6.07, 6.45) is -1.29. The first-order valence-corrected chi connectivity index (χ1v) is 9.24. The molecule has 0 radical (unpaired) electrons. The van der Waals surface area contributed by atoms with Gasteiger partial charge in [0.1, 0.15) is 5.60 Å². The van der Waals surface area contributed by atoms with Gasteiger partial charge >= 0.3 is 6.09 Å². The van der Waals surface area contributed by atoms with Crippen molar-refractivity contribution >= 4 is 17.9 Å². The lowest BCUT2D eigenvalue weighted by Gasteiger charge is -2.27. The summed E-state index contributed by atoms with van der Waals surface area (Å²) in [5, 5.41) is 13.5. The summed E-state index contributed by atoms with van der Waals surface area (Å²) in [6, 6.07) is 18.8. The van der Waals surface area contributed by atoms with Gasteiger partial charge in [0.2, 0.25) is 0 Å². The third kappa shape index (κ3) is 6.80. The highest BCUT2D eigenvalue weighted by Crippen LogP contribution is 2.24. The summed E-state index contributed by atoms with van der Waals surface area (Å²) in [4.78, 5) is 13.2. The van der Waals surface area contributed by atoms with Crippen LogP contribution in [0.15, 0.2) is 65.6 Å². The molecular weight excluding hydrogens is 334 g/mol. The molecular formula is C20H25NO3S. The maximum atomic E-state index is 12.2. The predicted molar refractivity (Wildman–Crippen MR) is 102 cm³/mol. The van der Waals surface area contributed by atoms with Crippen LogP contribution in [0.5, 0.6) is 0 Å². The molecule has 4 nitrogen and oxygen atoms in total. The molecule has 25 heavy (non-hydrogen) atoms. The van der Waals surface area contributed by atoms with E-state index in [9.17, 15) is 9.90 Å². The van der Waals surface area contributed by atoms with Crippen molar-refractivity contribution in [3.05, 3.63) is 66.2 Å². The number of rotatable bonds is 6. The quantitative estimate of drug-likeness (QED) is 0.750. The molecule has 0 saturated carbocycles. The second-order valence-electron chi connectivity index (χ2n) is 6.73. The van der Waals surface area contributed by atoms with Gasteiger partial charge in [0.05, 0.1) is 12.1 Å². The first-order chi connectivity index (χ1) is 11.8. The predicted octanol–water partition coefficient (Wildman–Crippen LogP) is 4.41. The molecule has 0 spiro atoms. The Hall–Kier alpha value is -1.98. The molecule has 0 heterocycles. The molecule has 2 aromatic carbocycles. The van der Waals surface area contributed by atoms with Crippen LogP contribution in [0.2, 0.25) is 0 Å². The van der Waals surface area contributed by atoms with Crippen LogP contribution in [0.25, 0.3) is 0 Å². The molecule has 2 rings (SSSR count). The largest absolute Gasteiger partial charge is 0.444 e. The van der Waals surface area contributed by atoms with E-state index in [0.29, 0.717) is 5.75 Å². The Bertz CT molecular complexity index is 656. The average molecular weight is 359 g/mol. The van der Waals surface area contributed by atoms with Crippen LogP contribution in [0.3, 0.4) is 0 Å². The van der Waals surface area contributed by atoms with Crippen molar-refractivity contribution in [1.82, 2.24) is 5.32 Å². The standard InChI is InChI=1S/C20H25NO3S/c1-20(2,3)24-19(23)21-18(15-10-6-4-7-11-15)17(22)14-25-16-12-8-5-9-13-16/h4-13,17-18,22H,14H2,1-3H3,(H,21,23)/t17-,18+/m1/s1. The van der Waals surface area contributed by atoms with Crippen molar-refractivity contribution in [3.63, 3.8) is 0 Å². The van der Waals surface area contributed by atoms with E-state index in [-0.39, 0.29) is 0 Å². The number of thioether (sulfide) groups is 1. The van der Waals surface area contributed by atoms with Gasteiger partial charge in [0.25, 0.3) is 0 Å². The number of aliphatic hydroxyl groups is 1. The first kappa shape index (κ1) is 19.3. The Morgan fingerprint density at radius 2 is 1.64 bits per heavy atom. The number of ether oxygens (including phenoxy) is 1. The lowest BCUT2D eigenvalue weighted by molar-refractivity contribution is 0.0439. The molecule has 2 aromatic rings. The van der Waals surface area contributed by atoms with E-state index in [1.54, 1.807) is 11.8 Å². The zero-order chi connectivity index (χ0) is 18.3. The monoisotopic (exact) mass is 359 g/mol. The second kappa shape index (κ2) is 8.92. The maximum absolute atomic E-state index is 12.2. The molecule has 0 fully saturated rings. The van der Waals surface area contributed by atoms with Gasteiger partial charge in [0.15, 0.2) is 0 Å². The molecule has 0 saturated heterocycles. The SMILES string of the molecule is CC(C)(C)OC(=O)N[C@@H](c1ccccc1)[C@H](O)CSc1ccccc1. The van der Waals surface area contributed by atoms with Gasteiger partial charge in [-0.2, -0.15) is 0 Å². The van der Waals surface area contributed by atoms with Crippen LogP contribution < -0.4 is 5.32 Å². The van der Waals surface area contributed by atoms with E-state index in [4.69, 9.17) is 4.74 Å². The van der Waals surface area contributed by atoms with E-state index >= 15 is 0 Å². The topological polar surface area (TPSA) is 58.6 Å². The number of hydrogen-bond donors (Lipinski definition) is 2. The highest BCUT2D eigenvalue weighted by molar-refractivity contribution is 7.99. The Balaban J connectivity index is 2.07.